The molecular weight excluding hydrogens is 454 g/mol. The van der Waals surface area contributed by atoms with E-state index in [0.717, 1.165) is 57.2 Å². The second-order valence-corrected chi connectivity index (χ2v) is 10.1. The Labute approximate surface area is 201 Å². The van der Waals surface area contributed by atoms with E-state index in [1.807, 2.05) is 46.0 Å². The molecule has 0 saturated carbocycles. The van der Waals surface area contributed by atoms with Crippen LogP contribution in [0, 0.1) is 0 Å². The fourth-order valence-corrected chi connectivity index (χ4v) is 5.88. The van der Waals surface area contributed by atoms with Gasteiger partial charge in [0, 0.05) is 47.4 Å². The highest BCUT2D eigenvalue weighted by Gasteiger charge is 2.29. The standard InChI is InChI=1S/C25H24ClN5OS/c26-19-5-3-17(4-6-19)24-27-22-9-12-31(25(32)23(22)33-24)20-7-8-21-18(15-20)16-30(28-21)14-13-29-10-1-2-11-29/h3-8,15-16H,1-2,9-14H2. The van der Waals surface area contributed by atoms with Crippen LogP contribution in [0.15, 0.2) is 48.7 Å². The summed E-state index contributed by atoms with van der Waals surface area (Å²) >= 11 is 7.48. The largest absolute Gasteiger partial charge is 0.307 e. The van der Waals surface area contributed by atoms with Crippen molar-refractivity contribution in [3.05, 3.63) is 64.3 Å². The lowest BCUT2D eigenvalue weighted by Gasteiger charge is -2.26. The zero-order chi connectivity index (χ0) is 22.4. The van der Waals surface area contributed by atoms with E-state index in [0.29, 0.717) is 11.6 Å². The number of rotatable bonds is 5. The van der Waals surface area contributed by atoms with Gasteiger partial charge in [-0.1, -0.05) is 23.7 Å². The predicted octanol–water partition coefficient (Wildman–Crippen LogP) is 5.11. The number of likely N-dealkylation sites (tertiary alicyclic amines) is 1. The highest BCUT2D eigenvalue weighted by atomic mass is 35.5. The number of halogens is 1. The minimum atomic E-state index is 0.0229. The van der Waals surface area contributed by atoms with Gasteiger partial charge in [-0.2, -0.15) is 5.10 Å². The van der Waals surface area contributed by atoms with Gasteiger partial charge in [-0.15, -0.1) is 11.3 Å². The van der Waals surface area contributed by atoms with Crippen LogP contribution >= 0.6 is 22.9 Å². The first-order chi connectivity index (χ1) is 16.1. The molecule has 0 N–H and O–H groups in total. The van der Waals surface area contributed by atoms with Crippen molar-refractivity contribution in [1.29, 1.82) is 0 Å². The lowest BCUT2D eigenvalue weighted by atomic mass is 10.1. The first-order valence-electron chi connectivity index (χ1n) is 11.4. The van der Waals surface area contributed by atoms with E-state index < -0.39 is 0 Å². The fraction of sp³-hybridized carbons (Fsp3) is 0.320. The molecule has 0 aliphatic carbocycles. The Morgan fingerprint density at radius 1 is 1.00 bits per heavy atom. The zero-order valence-electron chi connectivity index (χ0n) is 18.2. The Morgan fingerprint density at radius 2 is 1.82 bits per heavy atom. The van der Waals surface area contributed by atoms with Gasteiger partial charge in [-0.25, -0.2) is 4.98 Å². The molecule has 2 aromatic carbocycles. The maximum atomic E-state index is 13.4. The molecule has 2 aliphatic rings. The molecule has 4 heterocycles. The first kappa shape index (κ1) is 20.8. The van der Waals surface area contributed by atoms with Gasteiger partial charge in [-0.3, -0.25) is 9.48 Å². The Kier molecular flexibility index (Phi) is 5.40. The quantitative estimate of drug-likeness (QED) is 0.400. The summed E-state index contributed by atoms with van der Waals surface area (Å²) in [5.74, 6) is 0.0229. The highest BCUT2D eigenvalue weighted by molar-refractivity contribution is 7.17. The molecule has 6 rings (SSSR count). The van der Waals surface area contributed by atoms with Crippen LogP contribution in [0.2, 0.25) is 5.02 Å². The van der Waals surface area contributed by atoms with E-state index in [9.17, 15) is 4.79 Å². The molecule has 4 aromatic rings. The zero-order valence-corrected chi connectivity index (χ0v) is 19.8. The topological polar surface area (TPSA) is 54.3 Å². The van der Waals surface area contributed by atoms with E-state index in [1.54, 1.807) is 0 Å². The number of nitrogens with zero attached hydrogens (tertiary/aromatic N) is 5. The molecule has 2 aromatic heterocycles. The summed E-state index contributed by atoms with van der Waals surface area (Å²) in [4.78, 5) is 23.2. The van der Waals surface area contributed by atoms with Gasteiger partial charge in [0.2, 0.25) is 0 Å². The molecule has 1 saturated heterocycles. The van der Waals surface area contributed by atoms with Crippen molar-refractivity contribution in [1.82, 2.24) is 19.7 Å². The van der Waals surface area contributed by atoms with Crippen LogP contribution in [0.4, 0.5) is 5.69 Å². The number of thiazole rings is 1. The molecule has 0 bridgehead atoms. The summed E-state index contributed by atoms with van der Waals surface area (Å²) in [7, 11) is 0. The molecule has 0 unspecified atom stereocenters. The molecule has 1 fully saturated rings. The van der Waals surface area contributed by atoms with Crippen LogP contribution in [0.25, 0.3) is 21.5 Å². The molecule has 1 amide bonds. The van der Waals surface area contributed by atoms with Gasteiger partial charge < -0.3 is 9.80 Å². The summed E-state index contributed by atoms with van der Waals surface area (Å²) in [6, 6.07) is 13.7. The highest BCUT2D eigenvalue weighted by Crippen LogP contribution is 2.34. The SMILES string of the molecule is O=C1c2sc(-c3ccc(Cl)cc3)nc2CCN1c1ccc2nn(CCN3CCCC3)cc2c1. The minimum absolute atomic E-state index is 0.0229. The second kappa shape index (κ2) is 8.56. The normalized spacial score (nSPS) is 16.6. The monoisotopic (exact) mass is 477 g/mol. The summed E-state index contributed by atoms with van der Waals surface area (Å²) < 4.78 is 2.03. The van der Waals surface area contributed by atoms with Crippen LogP contribution in [-0.2, 0) is 13.0 Å². The summed E-state index contributed by atoms with van der Waals surface area (Å²) in [5.41, 5.74) is 3.76. The number of carbonyl (C=O) groups excluding carboxylic acids is 1. The average molecular weight is 478 g/mol. The number of carbonyl (C=O) groups is 1. The molecule has 0 spiro atoms. The third kappa shape index (κ3) is 4.05. The van der Waals surface area contributed by atoms with Gasteiger partial charge in [0.25, 0.3) is 5.91 Å². The van der Waals surface area contributed by atoms with E-state index in [-0.39, 0.29) is 5.91 Å². The van der Waals surface area contributed by atoms with E-state index in [2.05, 4.69) is 17.2 Å². The number of anilines is 1. The number of benzene rings is 2. The molecular formula is C25H24ClN5OS. The molecule has 8 heteroatoms. The van der Waals surface area contributed by atoms with E-state index in [4.69, 9.17) is 21.7 Å². The second-order valence-electron chi connectivity index (χ2n) is 8.69. The Morgan fingerprint density at radius 3 is 2.64 bits per heavy atom. The number of fused-ring (bicyclic) bond motifs is 2. The van der Waals surface area contributed by atoms with Crippen molar-refractivity contribution in [2.45, 2.75) is 25.8 Å². The Balaban J connectivity index is 1.23. The maximum absolute atomic E-state index is 13.4. The average Bonchev–Trinajstić information content (AvgIpc) is 3.57. The maximum Gasteiger partial charge on any atom is 0.270 e. The molecule has 33 heavy (non-hydrogen) atoms. The van der Waals surface area contributed by atoms with Crippen LogP contribution in [0.1, 0.15) is 28.2 Å². The first-order valence-corrected chi connectivity index (χ1v) is 12.6. The third-order valence-electron chi connectivity index (χ3n) is 6.49. The summed E-state index contributed by atoms with van der Waals surface area (Å²) in [6.07, 6.45) is 5.45. The number of aromatic nitrogens is 3. The molecule has 168 valence electrons. The van der Waals surface area contributed by atoms with Gasteiger partial charge in [0.15, 0.2) is 0 Å². The number of hydrogen-bond donors (Lipinski definition) is 0. The van der Waals surface area contributed by atoms with Gasteiger partial charge in [-0.05, 0) is 56.3 Å². The fourth-order valence-electron chi connectivity index (χ4n) is 4.69. The number of hydrogen-bond acceptors (Lipinski definition) is 5. The predicted molar refractivity (Wildman–Crippen MR) is 133 cm³/mol. The molecule has 0 radical (unpaired) electrons. The van der Waals surface area contributed by atoms with Crippen molar-refractivity contribution < 1.29 is 4.79 Å². The summed E-state index contributed by atoms with van der Waals surface area (Å²) in [5, 5.41) is 7.35. The van der Waals surface area contributed by atoms with Crippen molar-refractivity contribution in [2.24, 2.45) is 0 Å². The van der Waals surface area contributed by atoms with Crippen molar-refractivity contribution >= 4 is 45.4 Å². The lowest BCUT2D eigenvalue weighted by Crippen LogP contribution is -2.36. The van der Waals surface area contributed by atoms with Crippen LogP contribution in [-0.4, -0.2) is 51.8 Å². The smallest absolute Gasteiger partial charge is 0.270 e. The van der Waals surface area contributed by atoms with Crippen molar-refractivity contribution in [3.63, 3.8) is 0 Å². The van der Waals surface area contributed by atoms with Crippen LogP contribution in [0.3, 0.4) is 0 Å². The molecule has 0 atom stereocenters. The van der Waals surface area contributed by atoms with Gasteiger partial charge in [0.05, 0.1) is 17.8 Å². The van der Waals surface area contributed by atoms with Crippen molar-refractivity contribution in [2.75, 3.05) is 31.1 Å². The third-order valence-corrected chi connectivity index (χ3v) is 7.88. The summed E-state index contributed by atoms with van der Waals surface area (Å²) in [6.45, 7) is 4.95. The Bertz CT molecular complexity index is 1320. The van der Waals surface area contributed by atoms with Gasteiger partial charge in [0.1, 0.15) is 9.88 Å². The molecule has 6 nitrogen and oxygen atoms in total. The lowest BCUT2D eigenvalue weighted by molar-refractivity contribution is 0.0984. The van der Waals surface area contributed by atoms with Crippen molar-refractivity contribution in [3.8, 4) is 10.6 Å². The van der Waals surface area contributed by atoms with E-state index >= 15 is 0 Å². The number of amides is 1. The van der Waals surface area contributed by atoms with E-state index in [1.165, 1.54) is 37.3 Å². The minimum Gasteiger partial charge on any atom is -0.307 e. The van der Waals surface area contributed by atoms with Crippen LogP contribution < -0.4 is 4.90 Å². The van der Waals surface area contributed by atoms with Gasteiger partial charge >= 0.3 is 0 Å². The Hall–Kier alpha value is -2.74. The van der Waals surface area contributed by atoms with Crippen LogP contribution in [0.5, 0.6) is 0 Å². The molecule has 2 aliphatic heterocycles.